The molecule has 0 aliphatic rings. The third-order valence-corrected chi connectivity index (χ3v) is 7.67. The monoisotopic (exact) mass is 450 g/mol. The quantitative estimate of drug-likeness (QED) is 0.676. The van der Waals surface area contributed by atoms with E-state index in [-0.39, 0.29) is 16.3 Å². The smallest absolute Gasteiger partial charge is 0.210 e. The summed E-state index contributed by atoms with van der Waals surface area (Å²) in [6.07, 6.45) is 0. The van der Waals surface area contributed by atoms with Gasteiger partial charge in [-0.1, -0.05) is 23.2 Å². The molecule has 0 heterocycles. The van der Waals surface area contributed by atoms with Crippen LogP contribution < -0.4 is 9.44 Å². The van der Waals surface area contributed by atoms with Crippen molar-refractivity contribution in [3.63, 3.8) is 0 Å². The second kappa shape index (κ2) is 8.46. The van der Waals surface area contributed by atoms with E-state index in [1.165, 1.54) is 36.4 Å². The average molecular weight is 451 g/mol. The molecular formula is C17H20Cl2N2O4S2. The highest BCUT2D eigenvalue weighted by Gasteiger charge is 2.21. The van der Waals surface area contributed by atoms with Gasteiger partial charge in [-0.05, 0) is 68.3 Å². The van der Waals surface area contributed by atoms with Crippen LogP contribution in [0.3, 0.4) is 0 Å². The Bertz CT molecular complexity index is 1050. The number of hydrogen-bond acceptors (Lipinski definition) is 4. The fourth-order valence-corrected chi connectivity index (χ4v) is 5.04. The van der Waals surface area contributed by atoms with Gasteiger partial charge in [-0.15, -0.1) is 0 Å². The lowest BCUT2D eigenvalue weighted by atomic mass is 10.2. The summed E-state index contributed by atoms with van der Waals surface area (Å²) in [5.41, 5.74) is 1.26. The number of hydrogen-bond donors (Lipinski definition) is 2. The molecule has 0 bridgehead atoms. The van der Waals surface area contributed by atoms with Crippen LogP contribution >= 0.6 is 23.2 Å². The zero-order chi connectivity index (χ0) is 20.4. The van der Waals surface area contributed by atoms with Crippen LogP contribution in [0, 0.1) is 13.8 Å². The lowest BCUT2D eigenvalue weighted by molar-refractivity contribution is 0.545. The Labute approximate surface area is 170 Å². The first-order valence-corrected chi connectivity index (χ1v) is 11.7. The summed E-state index contributed by atoms with van der Waals surface area (Å²) in [5, 5.41) is 0.932. The number of aryl methyl sites for hydroxylation is 2. The van der Waals surface area contributed by atoms with E-state index in [0.29, 0.717) is 21.2 Å². The average Bonchev–Trinajstić information content (AvgIpc) is 2.57. The third-order valence-electron chi connectivity index (χ3n) is 3.82. The maximum Gasteiger partial charge on any atom is 0.240 e. The van der Waals surface area contributed by atoms with Gasteiger partial charge < -0.3 is 0 Å². The van der Waals surface area contributed by atoms with Gasteiger partial charge in [-0.2, -0.15) is 0 Å². The van der Waals surface area contributed by atoms with E-state index in [1.807, 2.05) is 0 Å². The van der Waals surface area contributed by atoms with Crippen molar-refractivity contribution in [2.45, 2.75) is 36.6 Å². The SMILES string of the molecule is Cc1cc(S(=O)(=O)NC[C@H](C)NS(=O)(=O)c2ccc(Cl)c(C)c2)ccc1Cl. The van der Waals surface area contributed by atoms with Crippen LogP contribution in [0.15, 0.2) is 46.2 Å². The van der Waals surface area contributed by atoms with Gasteiger partial charge in [-0.25, -0.2) is 26.3 Å². The van der Waals surface area contributed by atoms with Crippen LogP contribution in [-0.4, -0.2) is 29.4 Å². The Morgan fingerprint density at radius 2 is 1.30 bits per heavy atom. The molecule has 0 saturated carbocycles. The van der Waals surface area contributed by atoms with Crippen molar-refractivity contribution in [1.82, 2.24) is 9.44 Å². The lowest BCUT2D eigenvalue weighted by Gasteiger charge is -2.16. The molecule has 0 aromatic heterocycles. The Kier molecular flexibility index (Phi) is 6.94. The summed E-state index contributed by atoms with van der Waals surface area (Å²) in [5.74, 6) is 0. The second-order valence-corrected chi connectivity index (χ2v) is 10.5. The standard InChI is InChI=1S/C17H20Cl2N2O4S2/c1-11-8-14(4-6-16(11)18)26(22,23)20-10-13(3)21-27(24,25)15-5-7-17(19)12(2)9-15/h4-9,13,20-21H,10H2,1-3H3/t13-/m0/s1. The molecule has 0 unspecified atom stereocenters. The summed E-state index contributed by atoms with van der Waals surface area (Å²) >= 11 is 11.8. The van der Waals surface area contributed by atoms with E-state index in [1.54, 1.807) is 20.8 Å². The van der Waals surface area contributed by atoms with Gasteiger partial charge >= 0.3 is 0 Å². The van der Waals surface area contributed by atoms with Crippen LogP contribution in [0.1, 0.15) is 18.1 Å². The summed E-state index contributed by atoms with van der Waals surface area (Å²) in [6.45, 7) is 4.85. The van der Waals surface area contributed by atoms with Crippen molar-refractivity contribution in [3.05, 3.63) is 57.6 Å². The van der Waals surface area contributed by atoms with Gasteiger partial charge in [0, 0.05) is 22.6 Å². The van der Waals surface area contributed by atoms with E-state index in [9.17, 15) is 16.8 Å². The highest BCUT2D eigenvalue weighted by Crippen LogP contribution is 2.20. The first kappa shape index (κ1) is 22.1. The Morgan fingerprint density at radius 3 is 1.74 bits per heavy atom. The molecule has 0 fully saturated rings. The highest BCUT2D eigenvalue weighted by atomic mass is 35.5. The summed E-state index contributed by atoms with van der Waals surface area (Å²) in [7, 11) is -7.59. The molecule has 0 saturated heterocycles. The maximum atomic E-state index is 12.4. The topological polar surface area (TPSA) is 92.3 Å². The Morgan fingerprint density at radius 1 is 0.852 bits per heavy atom. The van der Waals surface area contributed by atoms with Crippen molar-refractivity contribution in [1.29, 1.82) is 0 Å². The van der Waals surface area contributed by atoms with Gasteiger partial charge in [0.15, 0.2) is 0 Å². The van der Waals surface area contributed by atoms with E-state index >= 15 is 0 Å². The number of nitrogens with one attached hydrogen (secondary N) is 2. The predicted molar refractivity (Wildman–Crippen MR) is 107 cm³/mol. The number of halogens is 2. The Balaban J connectivity index is 2.07. The van der Waals surface area contributed by atoms with Gasteiger partial charge in [0.25, 0.3) is 0 Å². The molecule has 6 nitrogen and oxygen atoms in total. The minimum Gasteiger partial charge on any atom is -0.210 e. The summed E-state index contributed by atoms with van der Waals surface area (Å²) < 4.78 is 54.5. The number of sulfonamides is 2. The van der Waals surface area contributed by atoms with Gasteiger partial charge in [-0.3, -0.25) is 0 Å². The Hall–Kier alpha value is -1.16. The molecule has 0 aliphatic heterocycles. The van der Waals surface area contributed by atoms with Crippen molar-refractivity contribution >= 4 is 43.2 Å². The molecule has 2 rings (SSSR count). The molecule has 0 spiro atoms. The lowest BCUT2D eigenvalue weighted by Crippen LogP contribution is -2.41. The molecule has 0 radical (unpaired) electrons. The van der Waals surface area contributed by atoms with E-state index in [2.05, 4.69) is 9.44 Å². The predicted octanol–water partition coefficient (Wildman–Crippen LogP) is 3.26. The fourth-order valence-electron chi connectivity index (χ4n) is 2.26. The van der Waals surface area contributed by atoms with Crippen LogP contribution in [-0.2, 0) is 20.0 Å². The molecule has 1 atom stereocenters. The molecular weight excluding hydrogens is 431 g/mol. The maximum absolute atomic E-state index is 12.4. The van der Waals surface area contributed by atoms with Gasteiger partial charge in [0.1, 0.15) is 0 Å². The molecule has 2 aromatic carbocycles. The van der Waals surface area contributed by atoms with Crippen molar-refractivity contribution < 1.29 is 16.8 Å². The molecule has 2 N–H and O–H groups in total. The molecule has 148 valence electrons. The third kappa shape index (κ3) is 5.66. The van der Waals surface area contributed by atoms with Crippen molar-refractivity contribution in [2.75, 3.05) is 6.54 Å². The second-order valence-electron chi connectivity index (χ2n) is 6.20. The first-order valence-electron chi connectivity index (χ1n) is 7.97. The number of rotatable bonds is 7. The van der Waals surface area contributed by atoms with E-state index in [0.717, 1.165) is 0 Å². The minimum absolute atomic E-state index is 0.0624. The summed E-state index contributed by atoms with van der Waals surface area (Å²) in [4.78, 5) is 0.125. The summed E-state index contributed by atoms with van der Waals surface area (Å²) in [6, 6.07) is 8.03. The van der Waals surface area contributed by atoms with Gasteiger partial charge in [0.2, 0.25) is 20.0 Å². The zero-order valence-corrected chi connectivity index (χ0v) is 18.1. The number of benzene rings is 2. The highest BCUT2D eigenvalue weighted by molar-refractivity contribution is 7.90. The van der Waals surface area contributed by atoms with Crippen LogP contribution in [0.2, 0.25) is 10.0 Å². The van der Waals surface area contributed by atoms with Crippen LogP contribution in [0.4, 0.5) is 0 Å². The minimum atomic E-state index is -3.80. The van der Waals surface area contributed by atoms with E-state index in [4.69, 9.17) is 23.2 Å². The molecule has 27 heavy (non-hydrogen) atoms. The van der Waals surface area contributed by atoms with Crippen molar-refractivity contribution in [2.24, 2.45) is 0 Å². The molecule has 10 heteroatoms. The molecule has 0 aliphatic carbocycles. The van der Waals surface area contributed by atoms with Gasteiger partial charge in [0.05, 0.1) is 9.79 Å². The molecule has 0 amide bonds. The van der Waals surface area contributed by atoms with Crippen molar-refractivity contribution in [3.8, 4) is 0 Å². The normalized spacial score (nSPS) is 13.5. The zero-order valence-electron chi connectivity index (χ0n) is 15.0. The first-order chi connectivity index (χ1) is 12.4. The fraction of sp³-hybridized carbons (Fsp3) is 0.294. The largest absolute Gasteiger partial charge is 0.240 e. The van der Waals surface area contributed by atoms with Crippen LogP contribution in [0.5, 0.6) is 0 Å². The van der Waals surface area contributed by atoms with Crippen LogP contribution in [0.25, 0.3) is 0 Å². The molecule has 2 aromatic rings. The van der Waals surface area contributed by atoms with E-state index < -0.39 is 26.1 Å².